The fraction of sp³-hybridized carbons (Fsp3) is 0.407. The van der Waals surface area contributed by atoms with Crippen LogP contribution in [0.3, 0.4) is 0 Å². The summed E-state index contributed by atoms with van der Waals surface area (Å²) in [6, 6.07) is 7.21. The summed E-state index contributed by atoms with van der Waals surface area (Å²) in [5.74, 6) is -0.696. The Morgan fingerprint density at radius 1 is 0.600 bits per heavy atom. The van der Waals surface area contributed by atoms with E-state index in [1.54, 1.807) is 24.3 Å². The molecule has 0 bridgehead atoms. The first kappa shape index (κ1) is 27.6. The van der Waals surface area contributed by atoms with Crippen molar-refractivity contribution in [1.29, 1.82) is 0 Å². The molecule has 0 aromatic heterocycles. The molecule has 8 nitrogen and oxygen atoms in total. The second-order valence-corrected chi connectivity index (χ2v) is 8.48. The molecule has 0 atom stereocenters. The van der Waals surface area contributed by atoms with Crippen LogP contribution in [-0.4, -0.2) is 23.9 Å². The zero-order valence-electron chi connectivity index (χ0n) is 21.1. The minimum Gasteiger partial charge on any atom is -0.461 e. The van der Waals surface area contributed by atoms with Crippen LogP contribution < -0.4 is 9.47 Å². The highest BCUT2D eigenvalue weighted by molar-refractivity contribution is 5.76. The van der Waals surface area contributed by atoms with Crippen LogP contribution in [0.5, 0.6) is 11.5 Å². The second-order valence-electron chi connectivity index (χ2n) is 8.48. The number of carbonyl (C=O) groups is 4. The van der Waals surface area contributed by atoms with Crippen LogP contribution in [0.15, 0.2) is 24.3 Å². The Hall–Kier alpha value is -3.68. The first-order valence-electron chi connectivity index (χ1n) is 11.3. The van der Waals surface area contributed by atoms with Crippen molar-refractivity contribution in [3.8, 4) is 11.5 Å². The summed E-state index contributed by atoms with van der Waals surface area (Å²) in [6.45, 7) is 10.2. The van der Waals surface area contributed by atoms with Gasteiger partial charge in [0.15, 0.2) is 0 Å². The number of ether oxygens (including phenoxy) is 4. The van der Waals surface area contributed by atoms with Crippen molar-refractivity contribution in [2.24, 2.45) is 0 Å². The van der Waals surface area contributed by atoms with Gasteiger partial charge in [0.1, 0.15) is 24.7 Å². The molecule has 0 amide bonds. The third kappa shape index (κ3) is 8.88. The van der Waals surface area contributed by atoms with E-state index in [0.29, 0.717) is 11.5 Å². The fourth-order valence-electron chi connectivity index (χ4n) is 3.65. The lowest BCUT2D eigenvalue weighted by Gasteiger charge is -2.14. The van der Waals surface area contributed by atoms with Gasteiger partial charge in [-0.05, 0) is 91.8 Å². The lowest BCUT2D eigenvalue weighted by atomic mass is 10.1. The molecule has 0 N–H and O–H groups in total. The Kier molecular flexibility index (Phi) is 9.99. The number of aryl methyl sites for hydroxylation is 4. The first-order valence-corrected chi connectivity index (χ1v) is 11.3. The van der Waals surface area contributed by atoms with Crippen LogP contribution in [0.25, 0.3) is 0 Å². The van der Waals surface area contributed by atoms with Crippen molar-refractivity contribution in [1.82, 2.24) is 0 Å². The van der Waals surface area contributed by atoms with Crippen LogP contribution >= 0.6 is 0 Å². The van der Waals surface area contributed by atoms with Crippen molar-refractivity contribution in [2.45, 2.75) is 74.0 Å². The number of rotatable bonds is 10. The van der Waals surface area contributed by atoms with Gasteiger partial charge in [0.05, 0.1) is 0 Å². The molecule has 0 unspecified atom stereocenters. The standard InChI is InChI=1S/C27H32O8/c1-16-10-22(14-32-20(5)28)11-17(2)26(16)34-24(30)8-7-9-25(31)35-27-18(3)12-23(13-19(27)4)15-33-21(6)29/h10-13H,7-9,14-15H2,1-6H3. The number of benzene rings is 2. The Morgan fingerprint density at radius 3 is 1.20 bits per heavy atom. The number of carbonyl (C=O) groups excluding carboxylic acids is 4. The van der Waals surface area contributed by atoms with Crippen LogP contribution in [0, 0.1) is 27.7 Å². The maximum atomic E-state index is 12.3. The molecule has 0 spiro atoms. The number of hydrogen-bond acceptors (Lipinski definition) is 8. The van der Waals surface area contributed by atoms with Gasteiger partial charge in [0.2, 0.25) is 0 Å². The Morgan fingerprint density at radius 2 is 0.914 bits per heavy atom. The third-order valence-electron chi connectivity index (χ3n) is 5.12. The van der Waals surface area contributed by atoms with E-state index in [0.717, 1.165) is 33.4 Å². The van der Waals surface area contributed by atoms with E-state index in [2.05, 4.69) is 0 Å². The van der Waals surface area contributed by atoms with Gasteiger partial charge in [-0.15, -0.1) is 0 Å². The predicted molar refractivity (Wildman–Crippen MR) is 128 cm³/mol. The van der Waals surface area contributed by atoms with E-state index in [1.807, 2.05) is 27.7 Å². The summed E-state index contributed by atoms with van der Waals surface area (Å²) in [4.78, 5) is 46.7. The molecule has 0 heterocycles. The molecule has 0 saturated heterocycles. The SMILES string of the molecule is CC(=O)OCc1cc(C)c(OC(=O)CCCC(=O)Oc2c(C)cc(COC(C)=O)cc2C)c(C)c1. The normalized spacial score (nSPS) is 10.5. The van der Waals surface area contributed by atoms with Crippen molar-refractivity contribution < 1.29 is 38.1 Å². The molecule has 0 aliphatic rings. The van der Waals surface area contributed by atoms with Gasteiger partial charge in [0.25, 0.3) is 0 Å². The lowest BCUT2D eigenvalue weighted by Crippen LogP contribution is -2.13. The maximum Gasteiger partial charge on any atom is 0.311 e. The molecule has 2 aromatic rings. The molecular weight excluding hydrogens is 452 g/mol. The van der Waals surface area contributed by atoms with E-state index < -0.39 is 11.9 Å². The van der Waals surface area contributed by atoms with Gasteiger partial charge >= 0.3 is 23.9 Å². The summed E-state index contributed by atoms with van der Waals surface area (Å²) in [5, 5.41) is 0. The molecule has 0 aliphatic carbocycles. The van der Waals surface area contributed by atoms with E-state index in [-0.39, 0.29) is 44.4 Å². The molecule has 2 aromatic carbocycles. The fourth-order valence-corrected chi connectivity index (χ4v) is 3.65. The zero-order valence-corrected chi connectivity index (χ0v) is 21.1. The monoisotopic (exact) mass is 484 g/mol. The van der Waals surface area contributed by atoms with Gasteiger partial charge in [-0.2, -0.15) is 0 Å². The molecule has 0 saturated carbocycles. The number of esters is 4. The molecule has 8 heteroatoms. The molecule has 2 rings (SSSR count). The smallest absolute Gasteiger partial charge is 0.311 e. The van der Waals surface area contributed by atoms with Gasteiger partial charge in [0, 0.05) is 26.7 Å². The van der Waals surface area contributed by atoms with Gasteiger partial charge in [-0.1, -0.05) is 0 Å². The minimum absolute atomic E-state index is 0.0580. The average molecular weight is 485 g/mol. The number of hydrogen-bond donors (Lipinski definition) is 0. The Labute approximate surface area is 205 Å². The highest BCUT2D eigenvalue weighted by atomic mass is 16.5. The summed E-state index contributed by atoms with van der Waals surface area (Å²) in [7, 11) is 0. The Balaban J connectivity index is 1.87. The summed E-state index contributed by atoms with van der Waals surface area (Å²) >= 11 is 0. The molecule has 0 fully saturated rings. The largest absolute Gasteiger partial charge is 0.461 e. The van der Waals surface area contributed by atoms with E-state index >= 15 is 0 Å². The first-order chi connectivity index (χ1) is 16.5. The van der Waals surface area contributed by atoms with Crippen LogP contribution in [0.1, 0.15) is 66.5 Å². The highest BCUT2D eigenvalue weighted by Gasteiger charge is 2.15. The van der Waals surface area contributed by atoms with Crippen LogP contribution in [0.2, 0.25) is 0 Å². The molecule has 188 valence electrons. The molecular formula is C27H32O8. The van der Waals surface area contributed by atoms with Gasteiger partial charge < -0.3 is 18.9 Å². The highest BCUT2D eigenvalue weighted by Crippen LogP contribution is 2.27. The van der Waals surface area contributed by atoms with Crippen molar-refractivity contribution in [3.05, 3.63) is 57.6 Å². The van der Waals surface area contributed by atoms with E-state index in [1.165, 1.54) is 13.8 Å². The predicted octanol–water partition coefficient (Wildman–Crippen LogP) is 4.73. The lowest BCUT2D eigenvalue weighted by molar-refractivity contribution is -0.143. The summed E-state index contributed by atoms with van der Waals surface area (Å²) < 4.78 is 21.0. The van der Waals surface area contributed by atoms with Crippen LogP contribution in [0.4, 0.5) is 0 Å². The quantitative estimate of drug-likeness (QED) is 0.352. The van der Waals surface area contributed by atoms with E-state index in [4.69, 9.17) is 18.9 Å². The van der Waals surface area contributed by atoms with Gasteiger partial charge in [-0.25, -0.2) is 0 Å². The second kappa shape index (κ2) is 12.7. The van der Waals surface area contributed by atoms with E-state index in [9.17, 15) is 19.2 Å². The van der Waals surface area contributed by atoms with Crippen molar-refractivity contribution in [3.63, 3.8) is 0 Å². The Bertz CT molecular complexity index is 983. The zero-order chi connectivity index (χ0) is 26.1. The molecule has 0 radical (unpaired) electrons. The molecule has 0 aliphatic heterocycles. The average Bonchev–Trinajstić information content (AvgIpc) is 2.76. The van der Waals surface area contributed by atoms with Crippen molar-refractivity contribution >= 4 is 23.9 Å². The van der Waals surface area contributed by atoms with Crippen LogP contribution in [-0.2, 0) is 41.9 Å². The third-order valence-corrected chi connectivity index (χ3v) is 5.12. The minimum atomic E-state index is -0.445. The summed E-state index contributed by atoms with van der Waals surface area (Å²) in [5.41, 5.74) is 4.63. The maximum absolute atomic E-state index is 12.3. The topological polar surface area (TPSA) is 105 Å². The summed E-state index contributed by atoms with van der Waals surface area (Å²) in [6.07, 6.45) is 0.397. The van der Waals surface area contributed by atoms with Gasteiger partial charge in [-0.3, -0.25) is 19.2 Å². The van der Waals surface area contributed by atoms with Crippen molar-refractivity contribution in [2.75, 3.05) is 0 Å². The molecule has 35 heavy (non-hydrogen) atoms.